The third-order valence-electron chi connectivity index (χ3n) is 1.99. The summed E-state index contributed by atoms with van der Waals surface area (Å²) >= 11 is 0. The SMILES string of the molecule is Cc1nc(NCCC(C)O)ccc1N. The van der Waals surface area contributed by atoms with Crippen molar-refractivity contribution in [3.8, 4) is 0 Å². The number of anilines is 2. The first-order chi connectivity index (χ1) is 6.59. The Hall–Kier alpha value is -1.29. The summed E-state index contributed by atoms with van der Waals surface area (Å²) in [6.07, 6.45) is 0.433. The van der Waals surface area contributed by atoms with E-state index in [4.69, 9.17) is 10.8 Å². The van der Waals surface area contributed by atoms with Crippen LogP contribution in [-0.4, -0.2) is 22.7 Å². The van der Waals surface area contributed by atoms with Crippen LogP contribution in [0.3, 0.4) is 0 Å². The van der Waals surface area contributed by atoms with Crippen LogP contribution >= 0.6 is 0 Å². The lowest BCUT2D eigenvalue weighted by molar-refractivity contribution is 0.188. The molecule has 0 radical (unpaired) electrons. The molecule has 0 amide bonds. The first-order valence-electron chi connectivity index (χ1n) is 4.74. The second-order valence-electron chi connectivity index (χ2n) is 3.44. The van der Waals surface area contributed by atoms with Gasteiger partial charge in [-0.05, 0) is 32.4 Å². The number of hydrogen-bond donors (Lipinski definition) is 3. The minimum Gasteiger partial charge on any atom is -0.397 e. The quantitative estimate of drug-likeness (QED) is 0.674. The summed E-state index contributed by atoms with van der Waals surface area (Å²) < 4.78 is 0. The molecule has 0 saturated carbocycles. The first kappa shape index (κ1) is 10.8. The summed E-state index contributed by atoms with van der Waals surface area (Å²) in [6.45, 7) is 4.35. The first-order valence-corrected chi connectivity index (χ1v) is 4.74. The topological polar surface area (TPSA) is 71.2 Å². The molecule has 1 aromatic rings. The predicted octanol–water partition coefficient (Wildman–Crippen LogP) is 1.16. The zero-order valence-corrected chi connectivity index (χ0v) is 8.62. The van der Waals surface area contributed by atoms with E-state index >= 15 is 0 Å². The number of aromatic nitrogens is 1. The molecule has 1 rings (SSSR count). The highest BCUT2D eigenvalue weighted by molar-refractivity contribution is 5.48. The molecule has 0 aliphatic carbocycles. The lowest BCUT2D eigenvalue weighted by Crippen LogP contribution is -2.11. The van der Waals surface area contributed by atoms with Gasteiger partial charge in [0.1, 0.15) is 5.82 Å². The zero-order chi connectivity index (χ0) is 10.6. The van der Waals surface area contributed by atoms with Crippen molar-refractivity contribution in [2.24, 2.45) is 0 Å². The molecule has 0 spiro atoms. The average Bonchev–Trinajstić information content (AvgIpc) is 2.10. The molecule has 0 aromatic carbocycles. The Morgan fingerprint density at radius 3 is 2.86 bits per heavy atom. The number of aliphatic hydroxyl groups is 1. The van der Waals surface area contributed by atoms with Gasteiger partial charge in [-0.15, -0.1) is 0 Å². The van der Waals surface area contributed by atoms with Gasteiger partial charge in [-0.25, -0.2) is 4.98 Å². The van der Waals surface area contributed by atoms with Crippen LogP contribution in [0.5, 0.6) is 0 Å². The van der Waals surface area contributed by atoms with Crippen molar-refractivity contribution in [1.29, 1.82) is 0 Å². The van der Waals surface area contributed by atoms with Crippen molar-refractivity contribution in [3.63, 3.8) is 0 Å². The molecule has 4 heteroatoms. The van der Waals surface area contributed by atoms with Gasteiger partial charge in [0, 0.05) is 6.54 Å². The standard InChI is InChI=1S/C10H17N3O/c1-7(14)5-6-12-10-4-3-9(11)8(2)13-10/h3-4,7,14H,5-6,11H2,1-2H3,(H,12,13). The largest absolute Gasteiger partial charge is 0.397 e. The van der Waals surface area contributed by atoms with Gasteiger partial charge in [0.15, 0.2) is 0 Å². The van der Waals surface area contributed by atoms with Crippen LogP contribution in [0.1, 0.15) is 19.0 Å². The normalized spacial score (nSPS) is 12.5. The van der Waals surface area contributed by atoms with Crippen LogP contribution in [0, 0.1) is 6.92 Å². The molecule has 0 aliphatic heterocycles. The summed E-state index contributed by atoms with van der Waals surface area (Å²) in [5, 5.41) is 12.2. The minimum atomic E-state index is -0.280. The molecule has 0 fully saturated rings. The van der Waals surface area contributed by atoms with E-state index in [1.165, 1.54) is 0 Å². The van der Waals surface area contributed by atoms with Crippen molar-refractivity contribution in [3.05, 3.63) is 17.8 Å². The highest BCUT2D eigenvalue weighted by Crippen LogP contribution is 2.11. The van der Waals surface area contributed by atoms with E-state index in [0.717, 1.165) is 11.5 Å². The average molecular weight is 195 g/mol. The number of rotatable bonds is 4. The van der Waals surface area contributed by atoms with Gasteiger partial charge < -0.3 is 16.2 Å². The second-order valence-corrected chi connectivity index (χ2v) is 3.44. The number of nitrogen functional groups attached to an aromatic ring is 1. The number of nitrogens with one attached hydrogen (secondary N) is 1. The van der Waals surface area contributed by atoms with Crippen LogP contribution < -0.4 is 11.1 Å². The summed E-state index contributed by atoms with van der Waals surface area (Å²) in [4.78, 5) is 4.25. The molecule has 4 nitrogen and oxygen atoms in total. The van der Waals surface area contributed by atoms with Gasteiger partial charge in [0.05, 0.1) is 17.5 Å². The summed E-state index contributed by atoms with van der Waals surface area (Å²) in [6, 6.07) is 3.66. The van der Waals surface area contributed by atoms with Gasteiger partial charge in [-0.1, -0.05) is 0 Å². The molecule has 4 N–H and O–H groups in total. The maximum atomic E-state index is 9.05. The molecule has 78 valence electrons. The van der Waals surface area contributed by atoms with Crippen LogP contribution in [0.15, 0.2) is 12.1 Å². The number of nitrogens with zero attached hydrogens (tertiary/aromatic N) is 1. The smallest absolute Gasteiger partial charge is 0.126 e. The third kappa shape index (κ3) is 3.22. The maximum Gasteiger partial charge on any atom is 0.126 e. The second kappa shape index (κ2) is 4.81. The number of aliphatic hydroxyl groups excluding tert-OH is 1. The Morgan fingerprint density at radius 1 is 1.57 bits per heavy atom. The van der Waals surface area contributed by atoms with Crippen molar-refractivity contribution < 1.29 is 5.11 Å². The van der Waals surface area contributed by atoms with Crippen LogP contribution in [0.4, 0.5) is 11.5 Å². The predicted molar refractivity (Wildman–Crippen MR) is 58.2 cm³/mol. The highest BCUT2D eigenvalue weighted by Gasteiger charge is 1.99. The fraction of sp³-hybridized carbons (Fsp3) is 0.500. The van der Waals surface area contributed by atoms with E-state index in [2.05, 4.69) is 10.3 Å². The Morgan fingerprint density at radius 2 is 2.29 bits per heavy atom. The molecule has 1 atom stereocenters. The number of hydrogen-bond acceptors (Lipinski definition) is 4. The van der Waals surface area contributed by atoms with Gasteiger partial charge in [0.2, 0.25) is 0 Å². The van der Waals surface area contributed by atoms with Gasteiger partial charge in [-0.3, -0.25) is 0 Å². The Labute approximate surface area is 84.2 Å². The maximum absolute atomic E-state index is 9.05. The van der Waals surface area contributed by atoms with E-state index in [-0.39, 0.29) is 6.10 Å². The van der Waals surface area contributed by atoms with Crippen molar-refractivity contribution in [2.45, 2.75) is 26.4 Å². The lowest BCUT2D eigenvalue weighted by atomic mass is 10.3. The van der Waals surface area contributed by atoms with E-state index in [1.54, 1.807) is 6.92 Å². The molecular weight excluding hydrogens is 178 g/mol. The number of pyridine rings is 1. The van der Waals surface area contributed by atoms with Crippen molar-refractivity contribution >= 4 is 11.5 Å². The lowest BCUT2D eigenvalue weighted by Gasteiger charge is -2.08. The third-order valence-corrected chi connectivity index (χ3v) is 1.99. The molecule has 1 aromatic heterocycles. The number of nitrogens with two attached hydrogens (primary N) is 1. The molecule has 1 unspecified atom stereocenters. The van der Waals surface area contributed by atoms with E-state index in [9.17, 15) is 0 Å². The Balaban J connectivity index is 2.47. The van der Waals surface area contributed by atoms with Crippen LogP contribution in [0.2, 0.25) is 0 Å². The zero-order valence-electron chi connectivity index (χ0n) is 8.62. The summed E-state index contributed by atoms with van der Waals surface area (Å²) in [7, 11) is 0. The Bertz CT molecular complexity index is 299. The van der Waals surface area contributed by atoms with Gasteiger partial charge >= 0.3 is 0 Å². The van der Waals surface area contributed by atoms with Crippen molar-refractivity contribution in [1.82, 2.24) is 4.98 Å². The summed E-state index contributed by atoms with van der Waals surface area (Å²) in [5.74, 6) is 0.803. The molecule has 0 saturated heterocycles. The molecular formula is C10H17N3O. The monoisotopic (exact) mass is 195 g/mol. The van der Waals surface area contributed by atoms with Crippen LogP contribution in [0.25, 0.3) is 0 Å². The van der Waals surface area contributed by atoms with Crippen LogP contribution in [-0.2, 0) is 0 Å². The molecule has 1 heterocycles. The minimum absolute atomic E-state index is 0.280. The molecule has 0 bridgehead atoms. The number of aryl methyl sites for hydroxylation is 1. The van der Waals surface area contributed by atoms with Crippen molar-refractivity contribution in [2.75, 3.05) is 17.6 Å². The highest BCUT2D eigenvalue weighted by atomic mass is 16.3. The van der Waals surface area contributed by atoms with Gasteiger partial charge in [0.25, 0.3) is 0 Å². The molecule has 14 heavy (non-hydrogen) atoms. The van der Waals surface area contributed by atoms with E-state index < -0.39 is 0 Å². The van der Waals surface area contributed by atoms with E-state index in [0.29, 0.717) is 18.7 Å². The fourth-order valence-electron chi connectivity index (χ4n) is 1.08. The van der Waals surface area contributed by atoms with Gasteiger partial charge in [-0.2, -0.15) is 0 Å². The van der Waals surface area contributed by atoms with E-state index in [1.807, 2.05) is 19.1 Å². The Kier molecular flexibility index (Phi) is 3.71. The molecule has 0 aliphatic rings. The summed E-state index contributed by atoms with van der Waals surface area (Å²) in [5.41, 5.74) is 7.16. The fourth-order valence-corrected chi connectivity index (χ4v) is 1.08.